The van der Waals surface area contributed by atoms with E-state index in [-0.39, 0.29) is 18.1 Å². The summed E-state index contributed by atoms with van der Waals surface area (Å²) < 4.78 is 6.31. The molecule has 1 aliphatic carbocycles. The quantitative estimate of drug-likeness (QED) is 0.833. The summed E-state index contributed by atoms with van der Waals surface area (Å²) >= 11 is 0. The highest BCUT2D eigenvalue weighted by atomic mass is 16.5. The molecule has 27 heavy (non-hydrogen) atoms. The van der Waals surface area contributed by atoms with Crippen molar-refractivity contribution in [2.75, 3.05) is 13.1 Å². The highest BCUT2D eigenvalue weighted by Crippen LogP contribution is 2.37. The number of nitrogens with zero attached hydrogens (tertiary/aromatic N) is 2. The van der Waals surface area contributed by atoms with Crippen LogP contribution in [0.25, 0.3) is 11.4 Å². The van der Waals surface area contributed by atoms with Crippen LogP contribution in [0.5, 0.6) is 0 Å². The molecule has 1 N–H and O–H groups in total. The molecule has 4 rings (SSSR count). The van der Waals surface area contributed by atoms with Gasteiger partial charge in [-0.3, -0.25) is 4.79 Å². The fraction of sp³-hybridized carbons (Fsp3) is 0.545. The number of unbranched alkanes of at least 4 members (excludes halogenated alkanes) is 1. The lowest BCUT2D eigenvalue weighted by Gasteiger charge is -2.38. The van der Waals surface area contributed by atoms with Crippen molar-refractivity contribution in [1.82, 2.24) is 14.9 Å². The largest absolute Gasteiger partial charge is 0.371 e. The van der Waals surface area contributed by atoms with Gasteiger partial charge in [-0.05, 0) is 32.1 Å². The predicted octanol–water partition coefficient (Wildman–Crippen LogP) is 4.19. The van der Waals surface area contributed by atoms with Crippen molar-refractivity contribution in [3.8, 4) is 11.4 Å². The number of rotatable bonds is 6. The van der Waals surface area contributed by atoms with Crippen molar-refractivity contribution < 1.29 is 9.53 Å². The lowest BCUT2D eigenvalue weighted by Crippen LogP contribution is -2.51. The average molecular weight is 367 g/mol. The van der Waals surface area contributed by atoms with Crippen molar-refractivity contribution in [3.63, 3.8) is 0 Å². The van der Waals surface area contributed by atoms with Gasteiger partial charge in [0, 0.05) is 24.3 Å². The molecule has 2 aliphatic rings. The zero-order chi connectivity index (χ0) is 18.8. The van der Waals surface area contributed by atoms with Crippen LogP contribution in [0.15, 0.2) is 30.3 Å². The number of carbonyl (C=O) groups excluding carboxylic acids is 1. The van der Waals surface area contributed by atoms with Crippen LogP contribution in [0.1, 0.15) is 55.2 Å². The van der Waals surface area contributed by atoms with E-state index in [1.54, 1.807) is 0 Å². The Balaban J connectivity index is 1.53. The Morgan fingerprint density at radius 1 is 1.26 bits per heavy atom. The highest BCUT2D eigenvalue weighted by molar-refractivity contribution is 5.94. The Morgan fingerprint density at radius 3 is 2.74 bits per heavy atom. The van der Waals surface area contributed by atoms with Gasteiger partial charge in [-0.15, -0.1) is 0 Å². The number of hydrogen-bond acceptors (Lipinski definition) is 3. The number of H-pyrrole nitrogens is 1. The number of nitrogens with one attached hydrogen (secondary N) is 1. The fourth-order valence-corrected chi connectivity index (χ4v) is 3.91. The summed E-state index contributed by atoms with van der Waals surface area (Å²) in [5.74, 6) is 1.41. The lowest BCUT2D eigenvalue weighted by molar-refractivity contribution is -0.0875. The van der Waals surface area contributed by atoms with Gasteiger partial charge in [-0.1, -0.05) is 50.1 Å². The van der Waals surface area contributed by atoms with Gasteiger partial charge in [0.1, 0.15) is 11.5 Å². The van der Waals surface area contributed by atoms with Gasteiger partial charge in [0.15, 0.2) is 0 Å². The molecule has 5 nitrogen and oxygen atoms in total. The summed E-state index contributed by atoms with van der Waals surface area (Å²) in [6.45, 7) is 5.50. The zero-order valence-electron chi connectivity index (χ0n) is 16.3. The SMILES string of the molecule is CCCC[C@@H]1CN(C(=O)c2nc(-c3ccccc3)[nH]c2C)C[C@H](C2CC2)O1. The van der Waals surface area contributed by atoms with E-state index in [2.05, 4.69) is 16.9 Å². The van der Waals surface area contributed by atoms with Crippen LogP contribution in [0.4, 0.5) is 0 Å². The summed E-state index contributed by atoms with van der Waals surface area (Å²) in [5, 5.41) is 0. The van der Waals surface area contributed by atoms with Crippen LogP contribution in [-0.2, 0) is 4.74 Å². The van der Waals surface area contributed by atoms with Crippen molar-refractivity contribution in [2.45, 2.75) is 58.2 Å². The van der Waals surface area contributed by atoms with Gasteiger partial charge >= 0.3 is 0 Å². The topological polar surface area (TPSA) is 58.2 Å². The number of aryl methyl sites for hydroxylation is 1. The Labute approximate surface area is 161 Å². The van der Waals surface area contributed by atoms with E-state index < -0.39 is 0 Å². The molecule has 2 heterocycles. The second-order valence-corrected chi connectivity index (χ2v) is 7.91. The van der Waals surface area contributed by atoms with E-state index in [0.29, 0.717) is 24.7 Å². The van der Waals surface area contributed by atoms with Gasteiger partial charge in [-0.2, -0.15) is 0 Å². The van der Waals surface area contributed by atoms with Gasteiger partial charge in [-0.25, -0.2) is 4.98 Å². The maximum Gasteiger partial charge on any atom is 0.274 e. The average Bonchev–Trinajstić information content (AvgIpc) is 3.48. The van der Waals surface area contributed by atoms with Gasteiger partial charge in [0.2, 0.25) is 0 Å². The molecule has 0 unspecified atom stereocenters. The molecular weight excluding hydrogens is 338 g/mol. The summed E-state index contributed by atoms with van der Waals surface area (Å²) in [5.41, 5.74) is 2.37. The number of amides is 1. The summed E-state index contributed by atoms with van der Waals surface area (Å²) in [6.07, 6.45) is 6.13. The molecule has 0 radical (unpaired) electrons. The monoisotopic (exact) mass is 367 g/mol. The predicted molar refractivity (Wildman–Crippen MR) is 106 cm³/mol. The van der Waals surface area contributed by atoms with E-state index >= 15 is 0 Å². The lowest BCUT2D eigenvalue weighted by atomic mass is 10.1. The summed E-state index contributed by atoms with van der Waals surface area (Å²) in [7, 11) is 0. The Bertz CT molecular complexity index is 782. The second-order valence-electron chi connectivity index (χ2n) is 7.91. The minimum absolute atomic E-state index is 0.0291. The molecule has 0 spiro atoms. The molecule has 1 amide bonds. The second kappa shape index (κ2) is 7.85. The normalized spacial score (nSPS) is 22.8. The minimum Gasteiger partial charge on any atom is -0.371 e. The third kappa shape index (κ3) is 4.08. The molecule has 2 fully saturated rings. The molecule has 1 saturated carbocycles. The minimum atomic E-state index is 0.0291. The Hall–Kier alpha value is -2.14. The molecule has 1 aromatic carbocycles. The number of imidazole rings is 1. The molecule has 0 bridgehead atoms. The van der Waals surface area contributed by atoms with Crippen molar-refractivity contribution in [3.05, 3.63) is 41.7 Å². The number of aromatic amines is 1. The van der Waals surface area contributed by atoms with E-state index in [4.69, 9.17) is 4.74 Å². The van der Waals surface area contributed by atoms with Crippen molar-refractivity contribution >= 4 is 5.91 Å². The third-order valence-corrected chi connectivity index (χ3v) is 5.64. The fourth-order valence-electron chi connectivity index (χ4n) is 3.91. The smallest absolute Gasteiger partial charge is 0.274 e. The molecular formula is C22H29N3O2. The maximum absolute atomic E-state index is 13.3. The van der Waals surface area contributed by atoms with Crippen LogP contribution in [0.2, 0.25) is 0 Å². The molecule has 1 aromatic heterocycles. The van der Waals surface area contributed by atoms with Gasteiger partial charge in [0.25, 0.3) is 5.91 Å². The van der Waals surface area contributed by atoms with Crippen LogP contribution in [0, 0.1) is 12.8 Å². The molecule has 5 heteroatoms. The van der Waals surface area contributed by atoms with Crippen molar-refractivity contribution in [2.24, 2.45) is 5.92 Å². The number of hydrogen-bond donors (Lipinski definition) is 1. The Kier molecular flexibility index (Phi) is 5.30. The summed E-state index contributed by atoms with van der Waals surface area (Å²) in [4.78, 5) is 23.2. The Morgan fingerprint density at radius 2 is 2.04 bits per heavy atom. The van der Waals surface area contributed by atoms with E-state index in [1.165, 1.54) is 12.8 Å². The highest BCUT2D eigenvalue weighted by Gasteiger charge is 2.40. The molecule has 2 aromatic rings. The first-order valence-corrected chi connectivity index (χ1v) is 10.2. The zero-order valence-corrected chi connectivity index (χ0v) is 16.3. The first-order valence-electron chi connectivity index (χ1n) is 10.2. The maximum atomic E-state index is 13.3. The summed E-state index contributed by atoms with van der Waals surface area (Å²) in [6, 6.07) is 9.95. The number of morpholine rings is 1. The van der Waals surface area contributed by atoms with Crippen molar-refractivity contribution in [1.29, 1.82) is 0 Å². The molecule has 144 valence electrons. The molecule has 1 saturated heterocycles. The number of benzene rings is 1. The third-order valence-electron chi connectivity index (χ3n) is 5.64. The van der Waals surface area contributed by atoms with Crippen LogP contribution < -0.4 is 0 Å². The number of ether oxygens (including phenoxy) is 1. The number of carbonyl (C=O) groups is 1. The molecule has 1 aliphatic heterocycles. The first kappa shape index (κ1) is 18.2. The first-order chi connectivity index (χ1) is 13.2. The van der Waals surface area contributed by atoms with E-state index in [1.807, 2.05) is 42.2 Å². The molecule has 2 atom stereocenters. The van der Waals surface area contributed by atoms with Gasteiger partial charge in [0.05, 0.1) is 12.2 Å². The standard InChI is InChI=1S/C22H29N3O2/c1-3-4-10-18-13-25(14-19(27-18)16-11-12-16)22(26)20-15(2)23-21(24-20)17-8-6-5-7-9-17/h5-9,16,18-19H,3-4,10-14H2,1-2H3,(H,23,24)/t18-,19-/m1/s1. The van der Waals surface area contributed by atoms with E-state index in [0.717, 1.165) is 36.3 Å². The van der Waals surface area contributed by atoms with E-state index in [9.17, 15) is 4.79 Å². The van der Waals surface area contributed by atoms with Crippen LogP contribution in [-0.4, -0.2) is 46.1 Å². The van der Waals surface area contributed by atoms with Crippen LogP contribution >= 0.6 is 0 Å². The van der Waals surface area contributed by atoms with Crippen LogP contribution in [0.3, 0.4) is 0 Å². The number of aromatic nitrogens is 2. The van der Waals surface area contributed by atoms with Gasteiger partial charge < -0.3 is 14.6 Å².